The van der Waals surface area contributed by atoms with Gasteiger partial charge >= 0.3 is 0 Å². The van der Waals surface area contributed by atoms with Gasteiger partial charge < -0.3 is 4.90 Å². The van der Waals surface area contributed by atoms with Crippen LogP contribution in [-0.2, 0) is 6.42 Å². The van der Waals surface area contributed by atoms with E-state index < -0.39 is 0 Å². The number of hydrogen-bond acceptors (Lipinski definition) is 2. The standard InChI is InChI=1S/C19H20F2N2O/c20-17-5-1-15(2-6-17)9-10-22-11-13-23(14-12-22)19(24)16-3-7-18(21)8-4-16/h1-8H,9-14H2. The molecule has 126 valence electrons. The van der Waals surface area contributed by atoms with Gasteiger partial charge in [0.1, 0.15) is 11.6 Å². The number of carbonyl (C=O) groups excluding carboxylic acids is 1. The van der Waals surface area contributed by atoms with E-state index in [9.17, 15) is 13.6 Å². The number of rotatable bonds is 4. The van der Waals surface area contributed by atoms with Gasteiger partial charge in [0.25, 0.3) is 5.91 Å². The Labute approximate surface area is 140 Å². The molecule has 0 aliphatic carbocycles. The average molecular weight is 330 g/mol. The van der Waals surface area contributed by atoms with Crippen molar-refractivity contribution in [3.63, 3.8) is 0 Å². The minimum Gasteiger partial charge on any atom is -0.336 e. The Morgan fingerprint density at radius 2 is 1.38 bits per heavy atom. The molecule has 0 N–H and O–H groups in total. The Morgan fingerprint density at radius 3 is 1.96 bits per heavy atom. The molecule has 0 aromatic heterocycles. The summed E-state index contributed by atoms with van der Waals surface area (Å²) in [7, 11) is 0. The summed E-state index contributed by atoms with van der Waals surface area (Å²) in [6, 6.07) is 12.3. The maximum atomic E-state index is 12.9. The van der Waals surface area contributed by atoms with Crippen LogP contribution in [-0.4, -0.2) is 48.4 Å². The fraction of sp³-hybridized carbons (Fsp3) is 0.316. The molecule has 1 aliphatic heterocycles. The predicted molar refractivity (Wildman–Crippen MR) is 88.8 cm³/mol. The Hall–Kier alpha value is -2.27. The molecule has 1 fully saturated rings. The Kier molecular flexibility index (Phi) is 5.20. The Morgan fingerprint density at radius 1 is 0.833 bits per heavy atom. The van der Waals surface area contributed by atoms with Gasteiger partial charge in [-0.1, -0.05) is 12.1 Å². The first kappa shape index (κ1) is 16.6. The molecule has 1 saturated heterocycles. The fourth-order valence-electron chi connectivity index (χ4n) is 2.89. The van der Waals surface area contributed by atoms with E-state index in [1.165, 1.54) is 36.4 Å². The van der Waals surface area contributed by atoms with E-state index in [-0.39, 0.29) is 17.5 Å². The number of halogens is 2. The molecule has 1 amide bonds. The maximum Gasteiger partial charge on any atom is 0.253 e. The second-order valence-corrected chi connectivity index (χ2v) is 6.02. The summed E-state index contributed by atoms with van der Waals surface area (Å²) in [5.74, 6) is -0.600. The lowest BCUT2D eigenvalue weighted by atomic mass is 10.1. The Bertz CT molecular complexity index is 678. The topological polar surface area (TPSA) is 23.6 Å². The highest BCUT2D eigenvalue weighted by Gasteiger charge is 2.21. The number of amides is 1. The van der Waals surface area contributed by atoms with Crippen LogP contribution in [0.1, 0.15) is 15.9 Å². The third-order valence-electron chi connectivity index (χ3n) is 4.38. The summed E-state index contributed by atoms with van der Waals surface area (Å²) < 4.78 is 25.8. The summed E-state index contributed by atoms with van der Waals surface area (Å²) in [6.45, 7) is 3.85. The van der Waals surface area contributed by atoms with Crippen LogP contribution in [0.5, 0.6) is 0 Å². The van der Waals surface area contributed by atoms with Gasteiger partial charge in [-0.3, -0.25) is 9.69 Å². The quantitative estimate of drug-likeness (QED) is 0.860. The van der Waals surface area contributed by atoms with E-state index in [4.69, 9.17) is 0 Å². The monoisotopic (exact) mass is 330 g/mol. The highest BCUT2D eigenvalue weighted by molar-refractivity contribution is 5.94. The van der Waals surface area contributed by atoms with E-state index >= 15 is 0 Å². The van der Waals surface area contributed by atoms with Crippen molar-refractivity contribution >= 4 is 5.91 Å². The first-order valence-electron chi connectivity index (χ1n) is 8.13. The number of benzene rings is 2. The van der Waals surface area contributed by atoms with Gasteiger partial charge in [-0.2, -0.15) is 0 Å². The summed E-state index contributed by atoms with van der Waals surface area (Å²) in [5.41, 5.74) is 1.64. The minimum atomic E-state index is -0.336. The fourth-order valence-corrected chi connectivity index (χ4v) is 2.89. The Balaban J connectivity index is 1.47. The van der Waals surface area contributed by atoms with Crippen LogP contribution < -0.4 is 0 Å². The third kappa shape index (κ3) is 4.17. The van der Waals surface area contributed by atoms with Crippen molar-refractivity contribution in [1.29, 1.82) is 0 Å². The number of hydrogen-bond donors (Lipinski definition) is 0. The molecule has 2 aromatic carbocycles. The molecule has 0 unspecified atom stereocenters. The van der Waals surface area contributed by atoms with Crippen molar-refractivity contribution in [3.8, 4) is 0 Å². The van der Waals surface area contributed by atoms with Crippen molar-refractivity contribution in [3.05, 3.63) is 71.3 Å². The third-order valence-corrected chi connectivity index (χ3v) is 4.38. The van der Waals surface area contributed by atoms with E-state index in [1.54, 1.807) is 0 Å². The van der Waals surface area contributed by atoms with E-state index in [0.29, 0.717) is 18.7 Å². The molecule has 1 aliphatic rings. The number of piperazine rings is 1. The summed E-state index contributed by atoms with van der Waals surface area (Å²) in [4.78, 5) is 16.5. The van der Waals surface area contributed by atoms with Crippen LogP contribution in [0.25, 0.3) is 0 Å². The van der Waals surface area contributed by atoms with Crippen molar-refractivity contribution < 1.29 is 13.6 Å². The second kappa shape index (κ2) is 7.53. The van der Waals surface area contributed by atoms with E-state index in [2.05, 4.69) is 4.90 Å². The maximum absolute atomic E-state index is 12.9. The van der Waals surface area contributed by atoms with Gasteiger partial charge in [0.15, 0.2) is 0 Å². The zero-order valence-corrected chi connectivity index (χ0v) is 13.4. The SMILES string of the molecule is O=C(c1ccc(F)cc1)N1CCN(CCc2ccc(F)cc2)CC1. The summed E-state index contributed by atoms with van der Waals surface area (Å²) in [5, 5.41) is 0. The first-order chi connectivity index (χ1) is 11.6. The number of nitrogens with zero attached hydrogens (tertiary/aromatic N) is 2. The van der Waals surface area contributed by atoms with Crippen molar-refractivity contribution in [2.24, 2.45) is 0 Å². The van der Waals surface area contributed by atoms with Crippen molar-refractivity contribution in [1.82, 2.24) is 9.80 Å². The molecule has 24 heavy (non-hydrogen) atoms. The zero-order chi connectivity index (χ0) is 16.9. The molecule has 3 rings (SSSR count). The molecule has 0 atom stereocenters. The highest BCUT2D eigenvalue weighted by Crippen LogP contribution is 2.11. The molecular weight excluding hydrogens is 310 g/mol. The van der Waals surface area contributed by atoms with Crippen LogP contribution in [0, 0.1) is 11.6 Å². The van der Waals surface area contributed by atoms with Gasteiger partial charge in [0.05, 0.1) is 0 Å². The van der Waals surface area contributed by atoms with Crippen LogP contribution in [0.4, 0.5) is 8.78 Å². The van der Waals surface area contributed by atoms with Gasteiger partial charge in [0.2, 0.25) is 0 Å². The number of carbonyl (C=O) groups is 1. The molecule has 0 bridgehead atoms. The summed E-state index contributed by atoms with van der Waals surface area (Å²) >= 11 is 0. The molecule has 3 nitrogen and oxygen atoms in total. The molecular formula is C19H20F2N2O. The first-order valence-corrected chi connectivity index (χ1v) is 8.13. The predicted octanol–water partition coefficient (Wildman–Crippen LogP) is 2.97. The normalized spacial score (nSPS) is 15.5. The average Bonchev–Trinajstić information content (AvgIpc) is 2.62. The molecule has 1 heterocycles. The van der Waals surface area contributed by atoms with Crippen molar-refractivity contribution in [2.75, 3.05) is 32.7 Å². The molecule has 2 aromatic rings. The lowest BCUT2D eigenvalue weighted by Gasteiger charge is -2.34. The largest absolute Gasteiger partial charge is 0.336 e. The minimum absolute atomic E-state index is 0.0480. The van der Waals surface area contributed by atoms with Gasteiger partial charge in [-0.15, -0.1) is 0 Å². The second-order valence-electron chi connectivity index (χ2n) is 6.02. The summed E-state index contributed by atoms with van der Waals surface area (Å²) in [6.07, 6.45) is 0.867. The van der Waals surface area contributed by atoms with Crippen LogP contribution >= 0.6 is 0 Å². The molecule has 5 heteroatoms. The van der Waals surface area contributed by atoms with Crippen LogP contribution in [0.2, 0.25) is 0 Å². The molecule has 0 spiro atoms. The lowest BCUT2D eigenvalue weighted by Crippen LogP contribution is -2.49. The molecule has 0 saturated carbocycles. The van der Waals surface area contributed by atoms with Crippen molar-refractivity contribution in [2.45, 2.75) is 6.42 Å². The van der Waals surface area contributed by atoms with E-state index in [0.717, 1.165) is 31.6 Å². The van der Waals surface area contributed by atoms with Gasteiger partial charge in [-0.05, 0) is 48.4 Å². The highest BCUT2D eigenvalue weighted by atomic mass is 19.1. The zero-order valence-electron chi connectivity index (χ0n) is 13.4. The lowest BCUT2D eigenvalue weighted by molar-refractivity contribution is 0.0638. The van der Waals surface area contributed by atoms with E-state index in [1.807, 2.05) is 17.0 Å². The van der Waals surface area contributed by atoms with Gasteiger partial charge in [0, 0.05) is 38.3 Å². The van der Waals surface area contributed by atoms with Crippen LogP contribution in [0.15, 0.2) is 48.5 Å². The van der Waals surface area contributed by atoms with Crippen LogP contribution in [0.3, 0.4) is 0 Å². The molecule has 0 radical (unpaired) electrons. The smallest absolute Gasteiger partial charge is 0.253 e. The van der Waals surface area contributed by atoms with Gasteiger partial charge in [-0.25, -0.2) is 8.78 Å².